The number of aliphatic hydroxyl groups excluding tert-OH is 1. The van der Waals surface area contributed by atoms with E-state index in [0.717, 1.165) is 10.5 Å². The number of aliphatic carboxylic acids is 1. The molecule has 0 aliphatic carbocycles. The number of rotatable bonds is 11. The molecule has 1 N–H and O–H groups in total. The summed E-state index contributed by atoms with van der Waals surface area (Å²) >= 11 is 0. The molecule has 0 radical (unpaired) electrons. The minimum atomic E-state index is -3.41. The molecule has 168 valence electrons. The molecule has 1 aromatic rings. The first kappa shape index (κ1) is 24.5. The van der Waals surface area contributed by atoms with E-state index < -0.39 is 36.4 Å². The lowest BCUT2D eigenvalue weighted by Gasteiger charge is -2.22. The van der Waals surface area contributed by atoms with Gasteiger partial charge in [0.25, 0.3) is 5.91 Å². The monoisotopic (exact) mass is 432 g/mol. The maximum absolute atomic E-state index is 13.9. The number of amides is 1. The number of nitrogens with zero attached hydrogens (tertiary/aromatic N) is 1. The lowest BCUT2D eigenvalue weighted by molar-refractivity contribution is -0.305. The molecule has 0 spiro atoms. The average molecular weight is 432 g/mol. The number of carbonyl (C=O) groups is 2. The van der Waals surface area contributed by atoms with Gasteiger partial charge >= 0.3 is 5.92 Å². The van der Waals surface area contributed by atoms with Crippen molar-refractivity contribution in [1.29, 1.82) is 0 Å². The number of aliphatic hydroxyl groups is 1. The summed E-state index contributed by atoms with van der Waals surface area (Å²) in [6.45, 7) is 0.174. The molecule has 1 aromatic carbocycles. The molecule has 1 unspecified atom stereocenters. The zero-order valence-corrected chi connectivity index (χ0v) is 17.4. The quantitative estimate of drug-likeness (QED) is 0.331. The third-order valence-corrected chi connectivity index (χ3v) is 5.10. The Hall–Kier alpha value is -2.72. The Balaban J connectivity index is 1.80. The predicted molar refractivity (Wildman–Crippen MR) is 111 cm³/mol. The Labute approximate surface area is 181 Å². The van der Waals surface area contributed by atoms with E-state index in [1.807, 2.05) is 30.3 Å². The molecular weight excluding hydrogens is 404 g/mol. The van der Waals surface area contributed by atoms with E-state index in [1.165, 1.54) is 12.2 Å². The van der Waals surface area contributed by atoms with Gasteiger partial charge < -0.3 is 19.9 Å². The first-order valence-electron chi connectivity index (χ1n) is 10.6. The van der Waals surface area contributed by atoms with E-state index in [1.54, 1.807) is 0 Å². The van der Waals surface area contributed by atoms with Gasteiger partial charge in [-0.15, -0.1) is 0 Å². The van der Waals surface area contributed by atoms with E-state index in [4.69, 9.17) is 0 Å². The summed E-state index contributed by atoms with van der Waals surface area (Å²) in [5, 5.41) is 20.5. The van der Waals surface area contributed by atoms with Crippen LogP contribution in [0.5, 0.6) is 0 Å². The number of hydrogen-bond donors (Lipinski definition) is 1. The second-order valence-electron chi connectivity index (χ2n) is 7.67. The third-order valence-electron chi connectivity index (χ3n) is 5.10. The Kier molecular flexibility index (Phi) is 9.67. The fraction of sp³-hybridized carbons (Fsp3) is 0.500. The van der Waals surface area contributed by atoms with Crippen LogP contribution in [0, 0.1) is 11.8 Å². The lowest BCUT2D eigenvalue weighted by atomic mass is 10.1. The molecule has 1 fully saturated rings. The van der Waals surface area contributed by atoms with E-state index in [2.05, 4.69) is 11.8 Å². The number of halogens is 2. The Morgan fingerprint density at radius 2 is 1.97 bits per heavy atom. The van der Waals surface area contributed by atoms with Crippen molar-refractivity contribution < 1.29 is 28.6 Å². The van der Waals surface area contributed by atoms with Crippen molar-refractivity contribution in [3.63, 3.8) is 0 Å². The van der Waals surface area contributed by atoms with Crippen molar-refractivity contribution in [2.45, 2.75) is 69.4 Å². The number of hydrogen-bond acceptors (Lipinski definition) is 4. The minimum absolute atomic E-state index is 0.0281. The molecule has 1 aliphatic rings. The molecule has 1 heterocycles. The normalized spacial score (nSPS) is 18.7. The van der Waals surface area contributed by atoms with Gasteiger partial charge in [0, 0.05) is 30.9 Å². The minimum Gasteiger partial charge on any atom is -0.550 e. The number of benzene rings is 1. The third kappa shape index (κ3) is 8.50. The lowest BCUT2D eigenvalue weighted by Crippen LogP contribution is -2.36. The molecular formula is C24H28F2NO4-. The van der Waals surface area contributed by atoms with Gasteiger partial charge in [-0.1, -0.05) is 55.0 Å². The number of likely N-dealkylation sites (tertiary alicyclic amines) is 1. The number of carbonyl (C=O) groups excluding carboxylic acids is 2. The van der Waals surface area contributed by atoms with Crippen LogP contribution in [0.2, 0.25) is 0 Å². The van der Waals surface area contributed by atoms with Gasteiger partial charge in [0.2, 0.25) is 0 Å². The summed E-state index contributed by atoms with van der Waals surface area (Å²) in [6.07, 6.45) is 4.54. The molecule has 1 amide bonds. The van der Waals surface area contributed by atoms with E-state index >= 15 is 0 Å². The van der Waals surface area contributed by atoms with Crippen molar-refractivity contribution in [2.75, 3.05) is 6.54 Å². The van der Waals surface area contributed by atoms with Crippen LogP contribution in [0.3, 0.4) is 0 Å². The molecule has 0 bridgehead atoms. The summed E-state index contributed by atoms with van der Waals surface area (Å²) in [5.74, 6) is 0.255. The molecule has 1 saturated heterocycles. The van der Waals surface area contributed by atoms with Crippen molar-refractivity contribution >= 4 is 11.9 Å². The van der Waals surface area contributed by atoms with Crippen LogP contribution in [-0.2, 0) is 9.59 Å². The Morgan fingerprint density at radius 3 is 2.68 bits per heavy atom. The summed E-state index contributed by atoms with van der Waals surface area (Å²) in [6, 6.07) is 8.68. The van der Waals surface area contributed by atoms with Gasteiger partial charge in [0.05, 0.1) is 12.1 Å². The van der Waals surface area contributed by atoms with Crippen LogP contribution in [0.15, 0.2) is 42.5 Å². The van der Waals surface area contributed by atoms with Crippen LogP contribution in [0.25, 0.3) is 0 Å². The second-order valence-corrected chi connectivity index (χ2v) is 7.67. The van der Waals surface area contributed by atoms with Crippen molar-refractivity contribution in [2.24, 2.45) is 0 Å². The maximum atomic E-state index is 13.9. The van der Waals surface area contributed by atoms with Gasteiger partial charge in [0.1, 0.15) is 0 Å². The summed E-state index contributed by atoms with van der Waals surface area (Å²) in [5.41, 5.74) is 0.884. The summed E-state index contributed by atoms with van der Waals surface area (Å²) in [4.78, 5) is 23.6. The average Bonchev–Trinajstić information content (AvgIpc) is 2.95. The van der Waals surface area contributed by atoms with Gasteiger partial charge in [-0.25, -0.2) is 0 Å². The Morgan fingerprint density at radius 1 is 1.26 bits per heavy atom. The highest BCUT2D eigenvalue weighted by molar-refractivity contribution is 5.86. The first-order chi connectivity index (χ1) is 14.8. The molecule has 0 saturated carbocycles. The molecule has 7 heteroatoms. The molecule has 5 nitrogen and oxygen atoms in total. The molecule has 1 aliphatic heterocycles. The molecule has 2 rings (SSSR count). The number of carboxylic acids is 1. The molecule has 2 atom stereocenters. The highest BCUT2D eigenvalue weighted by Crippen LogP contribution is 2.34. The summed E-state index contributed by atoms with van der Waals surface area (Å²) in [7, 11) is 0. The van der Waals surface area contributed by atoms with Crippen molar-refractivity contribution in [3.05, 3.63) is 48.0 Å². The fourth-order valence-electron chi connectivity index (χ4n) is 3.42. The van der Waals surface area contributed by atoms with Crippen molar-refractivity contribution in [1.82, 2.24) is 4.90 Å². The largest absolute Gasteiger partial charge is 0.550 e. The molecule has 0 aromatic heterocycles. The van der Waals surface area contributed by atoms with Gasteiger partial charge in [0.15, 0.2) is 0 Å². The zero-order chi connectivity index (χ0) is 22.7. The Bertz CT molecular complexity index is 814. The first-order valence-corrected chi connectivity index (χ1v) is 10.6. The SMILES string of the molecule is O=C([O-])CCCCCCN1C(=O)C(F)(F)C[C@@H]1/C=C/C(O)CCC#Cc1ccccc1. The van der Waals surface area contributed by atoms with E-state index in [9.17, 15) is 28.6 Å². The topological polar surface area (TPSA) is 80.7 Å². The predicted octanol–water partition coefficient (Wildman–Crippen LogP) is 2.67. The smallest absolute Gasteiger partial charge is 0.327 e. The standard InChI is InChI=1S/C24H29F2NO4/c25-24(26)18-20(27(23(24)31)17-9-2-1-6-14-22(29)30)15-16-21(28)13-8-7-12-19-10-4-3-5-11-19/h3-5,10-11,15-16,20-21,28H,1-2,6,8-9,13-14,17-18H2,(H,29,30)/p-1/b16-15+/t20-,21?/m0/s1. The number of alkyl halides is 2. The maximum Gasteiger partial charge on any atom is 0.327 e. The van der Waals surface area contributed by atoms with Gasteiger partial charge in [-0.05, 0) is 37.8 Å². The summed E-state index contributed by atoms with van der Waals surface area (Å²) < 4.78 is 27.8. The number of unbranched alkanes of at least 4 members (excludes halogenated alkanes) is 3. The van der Waals surface area contributed by atoms with E-state index in [-0.39, 0.29) is 13.0 Å². The van der Waals surface area contributed by atoms with Gasteiger partial charge in [-0.2, -0.15) is 8.78 Å². The highest BCUT2D eigenvalue weighted by Gasteiger charge is 2.52. The number of carboxylic acid groups (broad SMARTS) is 1. The highest BCUT2D eigenvalue weighted by atomic mass is 19.3. The van der Waals surface area contributed by atoms with Gasteiger partial charge in [-0.3, -0.25) is 4.79 Å². The van der Waals surface area contributed by atoms with Crippen LogP contribution in [0.1, 0.15) is 56.9 Å². The second kappa shape index (κ2) is 12.2. The zero-order valence-electron chi connectivity index (χ0n) is 17.4. The van der Waals surface area contributed by atoms with Crippen LogP contribution < -0.4 is 5.11 Å². The van der Waals surface area contributed by atoms with E-state index in [0.29, 0.717) is 38.5 Å². The van der Waals surface area contributed by atoms with Crippen LogP contribution in [0.4, 0.5) is 8.78 Å². The van der Waals surface area contributed by atoms with Crippen LogP contribution in [-0.4, -0.2) is 46.5 Å². The fourth-order valence-corrected chi connectivity index (χ4v) is 3.42. The van der Waals surface area contributed by atoms with Crippen LogP contribution >= 0.6 is 0 Å². The molecule has 31 heavy (non-hydrogen) atoms. The van der Waals surface area contributed by atoms with Crippen molar-refractivity contribution in [3.8, 4) is 11.8 Å².